The molecular formula is C22H32N4O8. The van der Waals surface area contributed by atoms with Crippen LogP contribution in [-0.2, 0) is 30.4 Å². The van der Waals surface area contributed by atoms with Crippen LogP contribution in [0.5, 0.6) is 5.75 Å². The Morgan fingerprint density at radius 1 is 0.941 bits per heavy atom. The summed E-state index contributed by atoms with van der Waals surface area (Å²) in [5.41, 5.74) is 6.33. The van der Waals surface area contributed by atoms with Gasteiger partial charge in [0.2, 0.25) is 17.7 Å². The molecule has 1 aromatic carbocycles. The van der Waals surface area contributed by atoms with Gasteiger partial charge in [-0.1, -0.05) is 32.4 Å². The van der Waals surface area contributed by atoms with E-state index in [1.54, 1.807) is 26.0 Å². The fourth-order valence-corrected chi connectivity index (χ4v) is 3.00. The molecule has 4 atom stereocenters. The molecule has 0 saturated carbocycles. The average Bonchev–Trinajstić information content (AvgIpc) is 2.79. The van der Waals surface area contributed by atoms with Crippen molar-refractivity contribution in [3.8, 4) is 5.75 Å². The summed E-state index contributed by atoms with van der Waals surface area (Å²) in [4.78, 5) is 59.7. The number of carbonyl (C=O) groups excluding carboxylic acids is 3. The van der Waals surface area contributed by atoms with E-state index in [-0.39, 0.29) is 30.9 Å². The number of rotatable bonds is 14. The minimum Gasteiger partial charge on any atom is -0.508 e. The molecule has 0 radical (unpaired) electrons. The quantitative estimate of drug-likeness (QED) is 0.180. The summed E-state index contributed by atoms with van der Waals surface area (Å²) in [6, 6.07) is 2.54. The summed E-state index contributed by atoms with van der Waals surface area (Å²) >= 11 is 0. The molecule has 0 aromatic heterocycles. The first-order valence-electron chi connectivity index (χ1n) is 10.8. The Hall–Kier alpha value is -3.67. The second-order valence-corrected chi connectivity index (χ2v) is 7.95. The van der Waals surface area contributed by atoms with Crippen LogP contribution >= 0.6 is 0 Å². The van der Waals surface area contributed by atoms with Gasteiger partial charge >= 0.3 is 11.9 Å². The Bertz CT molecular complexity index is 874. The first kappa shape index (κ1) is 28.4. The van der Waals surface area contributed by atoms with Gasteiger partial charge in [-0.2, -0.15) is 0 Å². The number of amides is 3. The summed E-state index contributed by atoms with van der Waals surface area (Å²) in [6.45, 7) is 2.87. The van der Waals surface area contributed by atoms with E-state index in [0.29, 0.717) is 12.0 Å². The lowest BCUT2D eigenvalue weighted by Crippen LogP contribution is -2.58. The molecule has 0 aliphatic heterocycles. The summed E-state index contributed by atoms with van der Waals surface area (Å²) in [5.74, 6) is -4.83. The number of nitrogens with two attached hydrogens (primary N) is 1. The summed E-state index contributed by atoms with van der Waals surface area (Å²) < 4.78 is 0. The zero-order valence-corrected chi connectivity index (χ0v) is 19.1. The molecule has 12 nitrogen and oxygen atoms in total. The number of phenols is 1. The van der Waals surface area contributed by atoms with Gasteiger partial charge in [0, 0.05) is 12.8 Å². The molecule has 0 fully saturated rings. The van der Waals surface area contributed by atoms with Gasteiger partial charge < -0.3 is 37.0 Å². The second kappa shape index (κ2) is 13.8. The van der Waals surface area contributed by atoms with E-state index < -0.39 is 54.3 Å². The lowest BCUT2D eigenvalue weighted by Gasteiger charge is -2.27. The van der Waals surface area contributed by atoms with Crippen molar-refractivity contribution >= 4 is 29.7 Å². The standard InChI is InChI=1S/C22H32N4O8/c1-3-12(2)19(26-20(32)15(23)8-9-17(28)29)22(34)25-16(21(33)24-11-18(30)31)10-13-4-6-14(27)7-5-13/h4-7,12,15-16,19,27H,3,8-11,23H2,1-2H3,(H,24,33)(H,25,34)(H,26,32)(H,28,29)(H,30,31). The number of carbonyl (C=O) groups is 5. The molecule has 188 valence electrons. The number of nitrogens with one attached hydrogen (secondary N) is 3. The van der Waals surface area contributed by atoms with E-state index in [9.17, 15) is 29.1 Å². The molecule has 8 N–H and O–H groups in total. The molecule has 1 rings (SSSR count). The molecule has 0 aliphatic carbocycles. The number of hydrogen-bond acceptors (Lipinski definition) is 7. The van der Waals surface area contributed by atoms with Crippen LogP contribution in [0.15, 0.2) is 24.3 Å². The SMILES string of the molecule is CCC(C)C(NC(=O)C(N)CCC(=O)O)C(=O)NC(Cc1ccc(O)cc1)C(=O)NCC(=O)O. The van der Waals surface area contributed by atoms with Gasteiger partial charge in [-0.25, -0.2) is 0 Å². The monoisotopic (exact) mass is 480 g/mol. The van der Waals surface area contributed by atoms with Crippen molar-refractivity contribution in [1.82, 2.24) is 16.0 Å². The predicted molar refractivity (Wildman–Crippen MR) is 121 cm³/mol. The molecule has 1 aromatic rings. The van der Waals surface area contributed by atoms with E-state index >= 15 is 0 Å². The zero-order valence-electron chi connectivity index (χ0n) is 19.1. The highest BCUT2D eigenvalue weighted by Gasteiger charge is 2.31. The highest BCUT2D eigenvalue weighted by Crippen LogP contribution is 2.13. The third-order valence-electron chi connectivity index (χ3n) is 5.22. The van der Waals surface area contributed by atoms with E-state index in [1.165, 1.54) is 12.1 Å². The predicted octanol–water partition coefficient (Wildman–Crippen LogP) is -0.657. The van der Waals surface area contributed by atoms with Crippen molar-refractivity contribution in [2.45, 2.75) is 57.7 Å². The van der Waals surface area contributed by atoms with Gasteiger partial charge in [0.15, 0.2) is 0 Å². The summed E-state index contributed by atoms with van der Waals surface area (Å²) in [7, 11) is 0. The fraction of sp³-hybridized carbons (Fsp3) is 0.500. The fourth-order valence-electron chi connectivity index (χ4n) is 3.00. The van der Waals surface area contributed by atoms with Crippen LogP contribution in [-0.4, -0.2) is 69.7 Å². The van der Waals surface area contributed by atoms with Crippen LogP contribution in [0.4, 0.5) is 0 Å². The smallest absolute Gasteiger partial charge is 0.322 e. The molecule has 12 heteroatoms. The van der Waals surface area contributed by atoms with E-state index in [4.69, 9.17) is 15.9 Å². The molecule has 34 heavy (non-hydrogen) atoms. The average molecular weight is 481 g/mol. The maximum Gasteiger partial charge on any atom is 0.322 e. The molecule has 0 saturated heterocycles. The van der Waals surface area contributed by atoms with Gasteiger partial charge in [-0.3, -0.25) is 24.0 Å². The zero-order chi connectivity index (χ0) is 25.8. The molecular weight excluding hydrogens is 448 g/mol. The lowest BCUT2D eigenvalue weighted by molar-refractivity contribution is -0.139. The Kier molecular flexibility index (Phi) is 11.5. The Labute approximate surface area is 196 Å². The van der Waals surface area contributed by atoms with Gasteiger partial charge in [0.25, 0.3) is 0 Å². The number of phenolic OH excluding ortho intramolecular Hbond substituents is 1. The van der Waals surface area contributed by atoms with Crippen LogP contribution in [0, 0.1) is 5.92 Å². The topological polar surface area (TPSA) is 208 Å². The van der Waals surface area contributed by atoms with Crippen LogP contribution in [0.1, 0.15) is 38.7 Å². The minimum atomic E-state index is -1.26. The Morgan fingerprint density at radius 2 is 1.56 bits per heavy atom. The first-order valence-corrected chi connectivity index (χ1v) is 10.8. The van der Waals surface area contributed by atoms with Crippen molar-refractivity contribution < 1.29 is 39.3 Å². The Balaban J connectivity index is 3.02. The van der Waals surface area contributed by atoms with E-state index in [2.05, 4.69) is 16.0 Å². The van der Waals surface area contributed by atoms with Crippen LogP contribution in [0.25, 0.3) is 0 Å². The lowest BCUT2D eigenvalue weighted by atomic mass is 9.96. The number of carboxylic acid groups (broad SMARTS) is 2. The maximum absolute atomic E-state index is 13.1. The van der Waals surface area contributed by atoms with Gasteiger partial charge in [0.05, 0.1) is 6.04 Å². The van der Waals surface area contributed by atoms with Crippen LogP contribution < -0.4 is 21.7 Å². The number of hydrogen-bond donors (Lipinski definition) is 7. The van der Waals surface area contributed by atoms with Crippen molar-refractivity contribution in [3.63, 3.8) is 0 Å². The summed E-state index contributed by atoms with van der Waals surface area (Å²) in [6.07, 6.45) is 0.0671. The van der Waals surface area contributed by atoms with Crippen LogP contribution in [0.2, 0.25) is 0 Å². The molecule has 0 heterocycles. The van der Waals surface area contributed by atoms with Gasteiger partial charge in [0.1, 0.15) is 24.4 Å². The molecule has 4 unspecified atom stereocenters. The van der Waals surface area contributed by atoms with E-state index in [1.807, 2.05) is 0 Å². The second-order valence-electron chi connectivity index (χ2n) is 7.95. The largest absolute Gasteiger partial charge is 0.508 e. The number of carboxylic acids is 2. The van der Waals surface area contributed by atoms with Crippen LogP contribution in [0.3, 0.4) is 0 Å². The number of benzene rings is 1. The van der Waals surface area contributed by atoms with Gasteiger partial charge in [-0.05, 0) is 30.0 Å². The third kappa shape index (κ3) is 9.86. The highest BCUT2D eigenvalue weighted by atomic mass is 16.4. The maximum atomic E-state index is 13.1. The molecule has 0 aliphatic rings. The first-order chi connectivity index (χ1) is 15.9. The van der Waals surface area contributed by atoms with Crippen molar-refractivity contribution in [2.24, 2.45) is 11.7 Å². The number of aliphatic carboxylic acids is 2. The molecule has 3 amide bonds. The van der Waals surface area contributed by atoms with Crippen molar-refractivity contribution in [3.05, 3.63) is 29.8 Å². The number of aromatic hydroxyl groups is 1. The Morgan fingerprint density at radius 3 is 2.09 bits per heavy atom. The van der Waals surface area contributed by atoms with E-state index in [0.717, 1.165) is 0 Å². The van der Waals surface area contributed by atoms with Gasteiger partial charge in [-0.15, -0.1) is 0 Å². The molecule has 0 spiro atoms. The molecule has 0 bridgehead atoms. The highest BCUT2D eigenvalue weighted by molar-refractivity contribution is 5.94. The normalized spacial score (nSPS) is 14.2. The third-order valence-corrected chi connectivity index (χ3v) is 5.22. The summed E-state index contributed by atoms with van der Waals surface area (Å²) in [5, 5.41) is 34.4. The minimum absolute atomic E-state index is 0.00320. The van der Waals surface area contributed by atoms with Crippen molar-refractivity contribution in [2.75, 3.05) is 6.54 Å². The van der Waals surface area contributed by atoms with Crippen molar-refractivity contribution in [1.29, 1.82) is 0 Å².